The highest BCUT2D eigenvalue weighted by molar-refractivity contribution is 5.78. The molecular weight excluding hydrogens is 338 g/mol. The van der Waals surface area contributed by atoms with Gasteiger partial charge >= 0.3 is 6.03 Å². The highest BCUT2D eigenvalue weighted by Gasteiger charge is 2.19. The molecule has 0 aliphatic rings. The van der Waals surface area contributed by atoms with Gasteiger partial charge in [-0.15, -0.1) is 0 Å². The predicted molar refractivity (Wildman–Crippen MR) is 112 cm³/mol. The Labute approximate surface area is 165 Å². The molecule has 0 aromatic heterocycles. The Bertz CT molecular complexity index is 548. The van der Waals surface area contributed by atoms with Crippen LogP contribution in [0.4, 0.5) is 4.79 Å². The number of carbonyl (C=O) groups excluding carboxylic acids is 2. The third kappa shape index (κ3) is 8.94. The van der Waals surface area contributed by atoms with Gasteiger partial charge in [0.15, 0.2) is 0 Å². The molecule has 1 rings (SSSR count). The molecule has 0 heterocycles. The van der Waals surface area contributed by atoms with Crippen LogP contribution < -0.4 is 5.32 Å². The molecule has 0 bridgehead atoms. The number of hydrogen-bond donors (Lipinski definition) is 1. The third-order valence-corrected chi connectivity index (χ3v) is 4.79. The van der Waals surface area contributed by atoms with E-state index in [0.29, 0.717) is 19.5 Å². The second-order valence-electron chi connectivity index (χ2n) is 7.26. The zero-order valence-electron chi connectivity index (χ0n) is 17.5. The SMILES string of the molecule is CCCCCN(C(=O)CCNC(=O)N(C)Cc1ccccc1)C(C)CCC. The molecule has 0 radical (unpaired) electrons. The molecule has 27 heavy (non-hydrogen) atoms. The average molecular weight is 376 g/mol. The highest BCUT2D eigenvalue weighted by atomic mass is 16.2. The molecule has 5 nitrogen and oxygen atoms in total. The van der Waals surface area contributed by atoms with Crippen LogP contribution in [0.2, 0.25) is 0 Å². The lowest BCUT2D eigenvalue weighted by molar-refractivity contribution is -0.133. The number of rotatable bonds is 12. The summed E-state index contributed by atoms with van der Waals surface area (Å²) in [6.07, 6.45) is 5.77. The molecule has 0 spiro atoms. The molecule has 0 saturated carbocycles. The van der Waals surface area contributed by atoms with Gasteiger partial charge in [-0.2, -0.15) is 0 Å². The van der Waals surface area contributed by atoms with Crippen LogP contribution in [0.5, 0.6) is 0 Å². The van der Waals surface area contributed by atoms with Crippen LogP contribution >= 0.6 is 0 Å². The molecule has 152 valence electrons. The van der Waals surface area contributed by atoms with E-state index in [9.17, 15) is 9.59 Å². The van der Waals surface area contributed by atoms with Gasteiger partial charge in [0, 0.05) is 39.1 Å². The second-order valence-corrected chi connectivity index (χ2v) is 7.26. The molecule has 1 aromatic carbocycles. The number of benzene rings is 1. The van der Waals surface area contributed by atoms with Crippen molar-refractivity contribution in [2.24, 2.45) is 0 Å². The fraction of sp³-hybridized carbons (Fsp3) is 0.636. The molecule has 1 aromatic rings. The van der Waals surface area contributed by atoms with E-state index in [2.05, 4.69) is 26.1 Å². The first-order valence-corrected chi connectivity index (χ1v) is 10.3. The second kappa shape index (κ2) is 13.2. The van der Waals surface area contributed by atoms with Crippen molar-refractivity contribution in [1.29, 1.82) is 0 Å². The quantitative estimate of drug-likeness (QED) is 0.550. The van der Waals surface area contributed by atoms with Crippen molar-refractivity contribution in [3.8, 4) is 0 Å². The molecular formula is C22H37N3O2. The Morgan fingerprint density at radius 3 is 2.41 bits per heavy atom. The van der Waals surface area contributed by atoms with E-state index in [0.717, 1.165) is 44.2 Å². The normalized spacial score (nSPS) is 11.7. The van der Waals surface area contributed by atoms with Crippen LogP contribution in [0.15, 0.2) is 30.3 Å². The van der Waals surface area contributed by atoms with Crippen LogP contribution in [0.3, 0.4) is 0 Å². The van der Waals surface area contributed by atoms with Gasteiger partial charge in [0.1, 0.15) is 0 Å². The van der Waals surface area contributed by atoms with Crippen molar-refractivity contribution in [1.82, 2.24) is 15.1 Å². The zero-order valence-corrected chi connectivity index (χ0v) is 17.5. The largest absolute Gasteiger partial charge is 0.340 e. The standard InChI is InChI=1S/C22H37N3O2/c1-5-7-11-17-25(19(3)12-6-2)21(26)15-16-23-22(27)24(4)18-20-13-9-8-10-14-20/h8-10,13-14,19H,5-7,11-12,15-18H2,1-4H3,(H,23,27). The first kappa shape index (κ1) is 23.0. The lowest BCUT2D eigenvalue weighted by atomic mass is 10.1. The summed E-state index contributed by atoms with van der Waals surface area (Å²) in [5.41, 5.74) is 1.08. The van der Waals surface area contributed by atoms with E-state index in [-0.39, 0.29) is 18.0 Å². The molecule has 0 aliphatic heterocycles. The summed E-state index contributed by atoms with van der Waals surface area (Å²) in [4.78, 5) is 28.5. The van der Waals surface area contributed by atoms with Gasteiger partial charge in [0.05, 0.1) is 0 Å². The van der Waals surface area contributed by atoms with Crippen molar-refractivity contribution >= 4 is 11.9 Å². The molecule has 1 atom stereocenters. The lowest BCUT2D eigenvalue weighted by Crippen LogP contribution is -2.42. The van der Waals surface area contributed by atoms with Gasteiger partial charge in [0.2, 0.25) is 5.91 Å². The van der Waals surface area contributed by atoms with Gasteiger partial charge in [0.25, 0.3) is 0 Å². The van der Waals surface area contributed by atoms with Crippen LogP contribution in [-0.4, -0.2) is 47.9 Å². The molecule has 0 fully saturated rings. The Balaban J connectivity index is 2.43. The minimum atomic E-state index is -0.147. The van der Waals surface area contributed by atoms with Crippen molar-refractivity contribution in [2.75, 3.05) is 20.1 Å². The van der Waals surface area contributed by atoms with Gasteiger partial charge in [-0.3, -0.25) is 4.79 Å². The first-order valence-electron chi connectivity index (χ1n) is 10.3. The number of urea groups is 1. The fourth-order valence-corrected chi connectivity index (χ4v) is 3.18. The van der Waals surface area contributed by atoms with Gasteiger partial charge in [-0.1, -0.05) is 63.4 Å². The molecule has 0 aliphatic carbocycles. The smallest absolute Gasteiger partial charge is 0.317 e. The summed E-state index contributed by atoms with van der Waals surface area (Å²) >= 11 is 0. The van der Waals surface area contributed by atoms with E-state index in [1.165, 1.54) is 0 Å². The van der Waals surface area contributed by atoms with E-state index in [1.54, 1.807) is 11.9 Å². The number of carbonyl (C=O) groups is 2. The van der Waals surface area contributed by atoms with Crippen LogP contribution in [0.1, 0.15) is 64.9 Å². The van der Waals surface area contributed by atoms with Crippen molar-refractivity contribution in [2.45, 2.75) is 71.9 Å². The molecule has 1 unspecified atom stereocenters. The number of unbranched alkanes of at least 4 members (excludes halogenated alkanes) is 2. The van der Waals surface area contributed by atoms with Crippen molar-refractivity contribution in [3.05, 3.63) is 35.9 Å². The number of nitrogens with one attached hydrogen (secondary N) is 1. The van der Waals surface area contributed by atoms with Gasteiger partial charge in [-0.25, -0.2) is 4.79 Å². The summed E-state index contributed by atoms with van der Waals surface area (Å²) in [7, 11) is 1.77. The Morgan fingerprint density at radius 2 is 1.78 bits per heavy atom. The van der Waals surface area contributed by atoms with Crippen molar-refractivity contribution < 1.29 is 9.59 Å². The van der Waals surface area contributed by atoms with E-state index in [1.807, 2.05) is 35.2 Å². The topological polar surface area (TPSA) is 52.7 Å². The third-order valence-electron chi connectivity index (χ3n) is 4.79. The highest BCUT2D eigenvalue weighted by Crippen LogP contribution is 2.11. The predicted octanol–water partition coefficient (Wildman–Crippen LogP) is 4.43. The van der Waals surface area contributed by atoms with Gasteiger partial charge < -0.3 is 15.1 Å². The monoisotopic (exact) mass is 375 g/mol. The Hall–Kier alpha value is -2.04. The molecule has 3 amide bonds. The van der Waals surface area contributed by atoms with Crippen molar-refractivity contribution in [3.63, 3.8) is 0 Å². The minimum absolute atomic E-state index is 0.137. The summed E-state index contributed by atoms with van der Waals surface area (Å²) in [6, 6.07) is 9.99. The van der Waals surface area contributed by atoms with E-state index >= 15 is 0 Å². The first-order chi connectivity index (χ1) is 13.0. The molecule has 1 N–H and O–H groups in total. The summed E-state index contributed by atoms with van der Waals surface area (Å²) < 4.78 is 0. The number of amides is 3. The maximum Gasteiger partial charge on any atom is 0.317 e. The molecule has 5 heteroatoms. The number of hydrogen-bond acceptors (Lipinski definition) is 2. The summed E-state index contributed by atoms with van der Waals surface area (Å²) in [5, 5.41) is 2.87. The summed E-state index contributed by atoms with van der Waals surface area (Å²) in [5.74, 6) is 0.137. The van der Waals surface area contributed by atoms with E-state index < -0.39 is 0 Å². The van der Waals surface area contributed by atoms with Crippen LogP contribution in [0, 0.1) is 0 Å². The Kier molecular flexibility index (Phi) is 11.2. The maximum atomic E-state index is 12.7. The van der Waals surface area contributed by atoms with Gasteiger partial charge in [-0.05, 0) is 25.3 Å². The minimum Gasteiger partial charge on any atom is -0.340 e. The number of nitrogens with zero attached hydrogens (tertiary/aromatic N) is 2. The van der Waals surface area contributed by atoms with E-state index in [4.69, 9.17) is 0 Å². The van der Waals surface area contributed by atoms with Crippen LogP contribution in [-0.2, 0) is 11.3 Å². The summed E-state index contributed by atoms with van der Waals surface area (Å²) in [6.45, 7) is 8.18. The maximum absolute atomic E-state index is 12.7. The Morgan fingerprint density at radius 1 is 1.07 bits per heavy atom. The molecule has 0 saturated heterocycles. The fourth-order valence-electron chi connectivity index (χ4n) is 3.18. The van der Waals surface area contributed by atoms with Crippen LogP contribution in [0.25, 0.3) is 0 Å². The zero-order chi connectivity index (χ0) is 20.1. The average Bonchev–Trinajstić information content (AvgIpc) is 2.66. The lowest BCUT2D eigenvalue weighted by Gasteiger charge is -2.29.